The van der Waals surface area contributed by atoms with Crippen LogP contribution in [0.2, 0.25) is 0 Å². The fraction of sp³-hybridized carbons (Fsp3) is 0.333. The van der Waals surface area contributed by atoms with E-state index in [1.165, 1.54) is 16.6 Å². The van der Waals surface area contributed by atoms with E-state index in [0.717, 1.165) is 26.2 Å². The van der Waals surface area contributed by atoms with Crippen LogP contribution in [-0.4, -0.2) is 17.8 Å². The Hall–Kier alpha value is -1.28. The zero-order valence-electron chi connectivity index (χ0n) is 8.07. The molecule has 14 heavy (non-hydrogen) atoms. The first kappa shape index (κ1) is 8.06. The maximum atomic E-state index is 5.46. The van der Waals surface area contributed by atoms with Crippen LogP contribution in [0.25, 0.3) is 10.9 Å². The fourth-order valence-corrected chi connectivity index (χ4v) is 2.17. The molecule has 1 aliphatic rings. The standard InChI is InChI=1S/C12H13NO/c1-2-4-12-10(3-1)9-11-5-7-14-8-6-13(11)12/h1-4,9H,5-8H2. The van der Waals surface area contributed by atoms with Gasteiger partial charge in [-0.15, -0.1) is 0 Å². The van der Waals surface area contributed by atoms with Crippen molar-refractivity contribution in [2.45, 2.75) is 13.0 Å². The minimum absolute atomic E-state index is 0.839. The number of hydrogen-bond donors (Lipinski definition) is 0. The van der Waals surface area contributed by atoms with Crippen molar-refractivity contribution in [1.82, 2.24) is 4.57 Å². The van der Waals surface area contributed by atoms with Gasteiger partial charge in [0.25, 0.3) is 0 Å². The smallest absolute Gasteiger partial charge is 0.0645 e. The molecule has 2 nitrogen and oxygen atoms in total. The molecular weight excluding hydrogens is 174 g/mol. The van der Waals surface area contributed by atoms with Crippen LogP contribution < -0.4 is 0 Å². The van der Waals surface area contributed by atoms with Crippen LogP contribution in [0.15, 0.2) is 30.3 Å². The van der Waals surface area contributed by atoms with Crippen LogP contribution in [0, 0.1) is 0 Å². The minimum atomic E-state index is 0.839. The van der Waals surface area contributed by atoms with Crippen molar-refractivity contribution in [2.75, 3.05) is 13.2 Å². The number of fused-ring (bicyclic) bond motifs is 3. The van der Waals surface area contributed by atoms with Gasteiger partial charge in [0, 0.05) is 24.2 Å². The summed E-state index contributed by atoms with van der Waals surface area (Å²) in [5.41, 5.74) is 2.75. The first-order chi connectivity index (χ1) is 6.95. The van der Waals surface area contributed by atoms with E-state index in [0.29, 0.717) is 0 Å². The number of rotatable bonds is 0. The highest BCUT2D eigenvalue weighted by atomic mass is 16.5. The first-order valence-electron chi connectivity index (χ1n) is 5.10. The maximum absolute atomic E-state index is 5.46. The predicted molar refractivity (Wildman–Crippen MR) is 56.5 cm³/mol. The second-order valence-electron chi connectivity index (χ2n) is 3.71. The number of aromatic nitrogens is 1. The lowest BCUT2D eigenvalue weighted by molar-refractivity contribution is 0.141. The summed E-state index contributed by atoms with van der Waals surface area (Å²) < 4.78 is 7.84. The lowest BCUT2D eigenvalue weighted by Crippen LogP contribution is -2.02. The number of benzene rings is 1. The van der Waals surface area contributed by atoms with Crippen LogP contribution in [0.1, 0.15) is 5.69 Å². The first-order valence-corrected chi connectivity index (χ1v) is 5.10. The van der Waals surface area contributed by atoms with Crippen molar-refractivity contribution in [3.63, 3.8) is 0 Å². The summed E-state index contributed by atoms with van der Waals surface area (Å²) in [7, 11) is 0. The van der Waals surface area contributed by atoms with Crippen molar-refractivity contribution < 1.29 is 4.74 Å². The van der Waals surface area contributed by atoms with Gasteiger partial charge in [-0.05, 0) is 17.5 Å². The van der Waals surface area contributed by atoms with E-state index >= 15 is 0 Å². The summed E-state index contributed by atoms with van der Waals surface area (Å²) >= 11 is 0. The number of nitrogens with zero attached hydrogens (tertiary/aromatic N) is 1. The van der Waals surface area contributed by atoms with Gasteiger partial charge in [0.05, 0.1) is 13.2 Å². The quantitative estimate of drug-likeness (QED) is 0.616. The van der Waals surface area contributed by atoms with E-state index in [1.807, 2.05) is 0 Å². The van der Waals surface area contributed by atoms with E-state index in [2.05, 4.69) is 34.9 Å². The molecule has 2 heteroatoms. The molecule has 3 rings (SSSR count). The van der Waals surface area contributed by atoms with Crippen molar-refractivity contribution >= 4 is 10.9 Å². The molecule has 0 amide bonds. The Kier molecular flexibility index (Phi) is 1.81. The van der Waals surface area contributed by atoms with E-state index < -0.39 is 0 Å². The average molecular weight is 187 g/mol. The van der Waals surface area contributed by atoms with Crippen molar-refractivity contribution in [1.29, 1.82) is 0 Å². The molecule has 0 saturated carbocycles. The predicted octanol–water partition coefficient (Wildman–Crippen LogP) is 2.21. The largest absolute Gasteiger partial charge is 0.379 e. The van der Waals surface area contributed by atoms with Gasteiger partial charge in [-0.2, -0.15) is 0 Å². The molecule has 0 unspecified atom stereocenters. The highest BCUT2D eigenvalue weighted by Gasteiger charge is 2.10. The van der Waals surface area contributed by atoms with E-state index in [4.69, 9.17) is 4.74 Å². The molecule has 0 aliphatic carbocycles. The third-order valence-corrected chi connectivity index (χ3v) is 2.86. The lowest BCUT2D eigenvalue weighted by atomic mass is 10.2. The summed E-state index contributed by atoms with van der Waals surface area (Å²) in [5.74, 6) is 0. The molecular formula is C12H13NO. The second kappa shape index (κ2) is 3.14. The summed E-state index contributed by atoms with van der Waals surface area (Å²) in [4.78, 5) is 0. The number of ether oxygens (including phenoxy) is 1. The number of hydrogen-bond acceptors (Lipinski definition) is 1. The van der Waals surface area contributed by atoms with Gasteiger partial charge < -0.3 is 9.30 Å². The summed E-state index contributed by atoms with van der Waals surface area (Å²) in [6.07, 6.45) is 1.04. The van der Waals surface area contributed by atoms with E-state index in [1.54, 1.807) is 0 Å². The van der Waals surface area contributed by atoms with E-state index in [-0.39, 0.29) is 0 Å². The Morgan fingerprint density at radius 1 is 1.14 bits per heavy atom. The van der Waals surface area contributed by atoms with Crippen molar-refractivity contribution in [3.8, 4) is 0 Å². The van der Waals surface area contributed by atoms with Crippen molar-refractivity contribution in [3.05, 3.63) is 36.0 Å². The molecule has 0 atom stereocenters. The third kappa shape index (κ3) is 1.15. The molecule has 2 heterocycles. The monoisotopic (exact) mass is 187 g/mol. The van der Waals surface area contributed by atoms with Gasteiger partial charge in [0.15, 0.2) is 0 Å². The molecule has 1 aliphatic heterocycles. The highest BCUT2D eigenvalue weighted by Crippen LogP contribution is 2.21. The molecule has 0 fully saturated rings. The molecule has 1 aromatic carbocycles. The Morgan fingerprint density at radius 2 is 2.07 bits per heavy atom. The zero-order chi connectivity index (χ0) is 9.38. The van der Waals surface area contributed by atoms with Crippen LogP contribution in [0.4, 0.5) is 0 Å². The molecule has 0 radical (unpaired) electrons. The Bertz CT molecular complexity index is 458. The maximum Gasteiger partial charge on any atom is 0.0645 e. The molecule has 0 N–H and O–H groups in total. The van der Waals surface area contributed by atoms with Gasteiger partial charge >= 0.3 is 0 Å². The summed E-state index contributed by atoms with van der Waals surface area (Å²) in [6, 6.07) is 10.8. The third-order valence-electron chi connectivity index (χ3n) is 2.86. The lowest BCUT2D eigenvalue weighted by Gasteiger charge is -2.04. The van der Waals surface area contributed by atoms with E-state index in [9.17, 15) is 0 Å². The summed E-state index contributed by atoms with van der Waals surface area (Å²) in [5, 5.41) is 1.35. The SMILES string of the molecule is c1ccc2c(c1)cc1n2CCOCC1. The zero-order valence-corrected chi connectivity index (χ0v) is 8.07. The van der Waals surface area contributed by atoms with Crippen molar-refractivity contribution in [2.24, 2.45) is 0 Å². The molecule has 0 bridgehead atoms. The van der Waals surface area contributed by atoms with Crippen LogP contribution in [0.5, 0.6) is 0 Å². The fourth-order valence-electron chi connectivity index (χ4n) is 2.17. The van der Waals surface area contributed by atoms with Crippen LogP contribution >= 0.6 is 0 Å². The van der Waals surface area contributed by atoms with Gasteiger partial charge in [-0.1, -0.05) is 18.2 Å². The topological polar surface area (TPSA) is 14.2 Å². The number of para-hydroxylation sites is 1. The molecule has 2 aromatic rings. The second-order valence-corrected chi connectivity index (χ2v) is 3.71. The van der Waals surface area contributed by atoms with Gasteiger partial charge in [0.1, 0.15) is 0 Å². The highest BCUT2D eigenvalue weighted by molar-refractivity contribution is 5.81. The average Bonchev–Trinajstić information content (AvgIpc) is 2.42. The molecule has 0 saturated heterocycles. The normalized spacial score (nSPS) is 16.6. The Morgan fingerprint density at radius 3 is 3.07 bits per heavy atom. The molecule has 1 aromatic heterocycles. The van der Waals surface area contributed by atoms with Gasteiger partial charge in [-0.25, -0.2) is 0 Å². The Labute approximate surface area is 83.1 Å². The molecule has 0 spiro atoms. The van der Waals surface area contributed by atoms with Crippen LogP contribution in [0.3, 0.4) is 0 Å². The summed E-state index contributed by atoms with van der Waals surface area (Å²) in [6.45, 7) is 2.69. The van der Waals surface area contributed by atoms with Gasteiger partial charge in [-0.3, -0.25) is 0 Å². The minimum Gasteiger partial charge on any atom is -0.379 e. The van der Waals surface area contributed by atoms with Gasteiger partial charge in [0.2, 0.25) is 0 Å². The molecule has 72 valence electrons. The van der Waals surface area contributed by atoms with Crippen LogP contribution in [-0.2, 0) is 17.7 Å². The Balaban J connectivity index is 2.24.